The summed E-state index contributed by atoms with van der Waals surface area (Å²) in [5.41, 5.74) is 1.76. The second-order valence-corrected chi connectivity index (χ2v) is 12.2. The van der Waals surface area contributed by atoms with E-state index >= 15 is 0 Å². The second kappa shape index (κ2) is 13.2. The molecule has 0 aliphatic rings. The van der Waals surface area contributed by atoms with Gasteiger partial charge < -0.3 is 10.2 Å². The van der Waals surface area contributed by atoms with Crippen LogP contribution in [0.4, 0.5) is 10.1 Å². The van der Waals surface area contributed by atoms with Crippen molar-refractivity contribution < 1.29 is 22.4 Å². The third-order valence-electron chi connectivity index (χ3n) is 6.41. The van der Waals surface area contributed by atoms with Crippen LogP contribution in [0.15, 0.2) is 82.2 Å². The zero-order chi connectivity index (χ0) is 28.7. The van der Waals surface area contributed by atoms with Crippen molar-refractivity contribution in [3.63, 3.8) is 0 Å². The molecule has 0 saturated heterocycles. The van der Waals surface area contributed by atoms with Gasteiger partial charge in [0.2, 0.25) is 11.8 Å². The van der Waals surface area contributed by atoms with Crippen molar-refractivity contribution in [2.75, 3.05) is 10.8 Å². The molecule has 7 nitrogen and oxygen atoms in total. The van der Waals surface area contributed by atoms with Gasteiger partial charge in [-0.25, -0.2) is 12.8 Å². The molecule has 39 heavy (non-hydrogen) atoms. The third-order valence-corrected chi connectivity index (χ3v) is 8.69. The van der Waals surface area contributed by atoms with Crippen molar-refractivity contribution in [1.82, 2.24) is 10.2 Å². The molecule has 0 heterocycles. The maximum atomic E-state index is 13.9. The summed E-state index contributed by atoms with van der Waals surface area (Å²) in [4.78, 5) is 28.3. The van der Waals surface area contributed by atoms with Crippen molar-refractivity contribution in [1.29, 1.82) is 0 Å². The topological polar surface area (TPSA) is 86.8 Å². The van der Waals surface area contributed by atoms with Gasteiger partial charge >= 0.3 is 0 Å². The summed E-state index contributed by atoms with van der Waals surface area (Å²) in [6, 6.07) is 17.5. The molecule has 0 aliphatic carbocycles. The molecular weight excluding hydrogens is 585 g/mol. The molecule has 0 aliphatic heterocycles. The van der Waals surface area contributed by atoms with Crippen LogP contribution >= 0.6 is 15.9 Å². The Balaban J connectivity index is 2.02. The van der Waals surface area contributed by atoms with Crippen LogP contribution in [0.5, 0.6) is 0 Å². The fourth-order valence-electron chi connectivity index (χ4n) is 3.85. The molecule has 0 bridgehead atoms. The SMILES string of the molecule is CCC(C)NC(=O)C(C)N(Cc1cccc(Br)c1)C(=O)CN(c1ccc(F)cc1)S(=O)(=O)c1ccc(C)cc1. The van der Waals surface area contributed by atoms with E-state index in [0.717, 1.165) is 32.0 Å². The van der Waals surface area contributed by atoms with Crippen LogP contribution in [0.25, 0.3) is 0 Å². The van der Waals surface area contributed by atoms with Gasteiger partial charge in [0.15, 0.2) is 0 Å². The summed E-state index contributed by atoms with van der Waals surface area (Å²) < 4.78 is 43.0. The summed E-state index contributed by atoms with van der Waals surface area (Å²) in [5.74, 6) is -1.46. The molecule has 3 aromatic carbocycles. The fourth-order valence-corrected chi connectivity index (χ4v) is 5.71. The van der Waals surface area contributed by atoms with Gasteiger partial charge in [0.25, 0.3) is 10.0 Å². The van der Waals surface area contributed by atoms with Crippen molar-refractivity contribution in [2.45, 2.75) is 57.6 Å². The van der Waals surface area contributed by atoms with Crippen LogP contribution < -0.4 is 9.62 Å². The summed E-state index contributed by atoms with van der Waals surface area (Å²) in [5, 5.41) is 2.90. The van der Waals surface area contributed by atoms with Gasteiger partial charge in [0.1, 0.15) is 18.4 Å². The number of halogens is 2. The number of amides is 2. The molecule has 0 spiro atoms. The van der Waals surface area contributed by atoms with Gasteiger partial charge in [-0.1, -0.05) is 52.7 Å². The first-order valence-electron chi connectivity index (χ1n) is 12.6. The predicted octanol–water partition coefficient (Wildman–Crippen LogP) is 5.42. The molecule has 10 heteroatoms. The Bertz CT molecular complexity index is 1400. The molecule has 0 saturated carbocycles. The largest absolute Gasteiger partial charge is 0.352 e. The Morgan fingerprint density at radius 3 is 2.23 bits per heavy atom. The molecule has 208 valence electrons. The summed E-state index contributed by atoms with van der Waals surface area (Å²) in [6.45, 7) is 6.76. The molecule has 2 amide bonds. The standard InChI is InChI=1S/C29H33BrFN3O4S/c1-5-21(3)32-29(36)22(4)33(18-23-7-6-8-24(30)17-23)28(35)19-34(26-13-11-25(31)12-14-26)39(37,38)27-15-9-20(2)10-16-27/h6-17,21-22H,5,18-19H2,1-4H3,(H,32,36). The molecule has 0 aromatic heterocycles. The van der Waals surface area contributed by atoms with Crippen LogP contribution in [-0.4, -0.2) is 43.8 Å². The van der Waals surface area contributed by atoms with Gasteiger partial charge in [-0.3, -0.25) is 13.9 Å². The van der Waals surface area contributed by atoms with Gasteiger partial charge in [0, 0.05) is 17.1 Å². The van der Waals surface area contributed by atoms with E-state index in [-0.39, 0.29) is 29.1 Å². The Hall–Kier alpha value is -3.24. The third kappa shape index (κ3) is 7.89. The van der Waals surface area contributed by atoms with Crippen LogP contribution in [-0.2, 0) is 26.2 Å². The molecular formula is C29H33BrFN3O4S. The number of hydrogen-bond acceptors (Lipinski definition) is 4. The maximum absolute atomic E-state index is 13.9. The highest BCUT2D eigenvalue weighted by Gasteiger charge is 2.32. The van der Waals surface area contributed by atoms with Gasteiger partial charge in [-0.05, 0) is 81.3 Å². The number of sulfonamides is 1. The fraction of sp³-hybridized carbons (Fsp3) is 0.310. The minimum absolute atomic E-state index is 0.00803. The minimum Gasteiger partial charge on any atom is -0.352 e. The molecule has 3 aromatic rings. The number of nitrogens with zero attached hydrogens (tertiary/aromatic N) is 2. The van der Waals surface area contributed by atoms with Crippen LogP contribution in [0, 0.1) is 12.7 Å². The Kier molecular flexibility index (Phi) is 10.3. The van der Waals surface area contributed by atoms with Crippen molar-refractivity contribution in [3.8, 4) is 0 Å². The number of anilines is 1. The van der Waals surface area contributed by atoms with Crippen molar-refractivity contribution in [3.05, 3.63) is 94.2 Å². The average Bonchev–Trinajstić information content (AvgIpc) is 2.90. The van der Waals surface area contributed by atoms with E-state index in [9.17, 15) is 22.4 Å². The number of rotatable bonds is 11. The number of benzene rings is 3. The van der Waals surface area contributed by atoms with E-state index in [0.29, 0.717) is 6.42 Å². The smallest absolute Gasteiger partial charge is 0.264 e. The number of carbonyl (C=O) groups excluding carboxylic acids is 2. The zero-order valence-electron chi connectivity index (χ0n) is 22.4. The van der Waals surface area contributed by atoms with E-state index < -0.39 is 34.3 Å². The lowest BCUT2D eigenvalue weighted by atomic mass is 10.1. The second-order valence-electron chi connectivity index (χ2n) is 9.45. The van der Waals surface area contributed by atoms with Gasteiger partial charge in [-0.15, -0.1) is 0 Å². The lowest BCUT2D eigenvalue weighted by Gasteiger charge is -2.32. The molecule has 3 rings (SSSR count). The molecule has 2 atom stereocenters. The Labute approximate surface area is 238 Å². The first kappa shape index (κ1) is 30.3. The van der Waals surface area contributed by atoms with E-state index in [1.165, 1.54) is 29.2 Å². The lowest BCUT2D eigenvalue weighted by molar-refractivity contribution is -0.139. The molecule has 0 fully saturated rings. The summed E-state index contributed by atoms with van der Waals surface area (Å²) in [6.07, 6.45) is 0.713. The van der Waals surface area contributed by atoms with Crippen molar-refractivity contribution >= 4 is 43.5 Å². The molecule has 0 radical (unpaired) electrons. The Morgan fingerprint density at radius 2 is 1.64 bits per heavy atom. The van der Waals surface area contributed by atoms with Gasteiger partial charge in [-0.2, -0.15) is 0 Å². The first-order valence-corrected chi connectivity index (χ1v) is 14.8. The average molecular weight is 619 g/mol. The maximum Gasteiger partial charge on any atom is 0.264 e. The van der Waals surface area contributed by atoms with Crippen molar-refractivity contribution in [2.24, 2.45) is 0 Å². The Morgan fingerprint density at radius 1 is 1.00 bits per heavy atom. The minimum atomic E-state index is -4.21. The van der Waals surface area contributed by atoms with Gasteiger partial charge in [0.05, 0.1) is 10.6 Å². The number of aryl methyl sites for hydroxylation is 1. The van der Waals surface area contributed by atoms with E-state index in [4.69, 9.17) is 0 Å². The van der Waals surface area contributed by atoms with E-state index in [2.05, 4.69) is 21.2 Å². The first-order chi connectivity index (χ1) is 18.4. The van der Waals surface area contributed by atoms with E-state index in [1.54, 1.807) is 19.1 Å². The highest BCUT2D eigenvalue weighted by atomic mass is 79.9. The zero-order valence-corrected chi connectivity index (χ0v) is 24.8. The highest BCUT2D eigenvalue weighted by molar-refractivity contribution is 9.10. The molecule has 1 N–H and O–H groups in total. The number of hydrogen-bond donors (Lipinski definition) is 1. The lowest BCUT2D eigenvalue weighted by Crippen LogP contribution is -2.52. The predicted molar refractivity (Wildman–Crippen MR) is 154 cm³/mol. The number of carbonyl (C=O) groups is 2. The highest BCUT2D eigenvalue weighted by Crippen LogP contribution is 2.25. The van der Waals surface area contributed by atoms with Crippen LogP contribution in [0.3, 0.4) is 0 Å². The molecule has 2 unspecified atom stereocenters. The summed E-state index contributed by atoms with van der Waals surface area (Å²) >= 11 is 3.43. The quantitative estimate of drug-likeness (QED) is 0.311. The number of nitrogens with one attached hydrogen (secondary N) is 1. The monoisotopic (exact) mass is 617 g/mol. The normalized spacial score (nSPS) is 12.9. The van der Waals surface area contributed by atoms with Crippen LogP contribution in [0.2, 0.25) is 0 Å². The van der Waals surface area contributed by atoms with Crippen LogP contribution in [0.1, 0.15) is 38.3 Å². The summed E-state index contributed by atoms with van der Waals surface area (Å²) in [7, 11) is -4.21. The van der Waals surface area contributed by atoms with E-state index in [1.807, 2.05) is 45.0 Å².